The highest BCUT2D eigenvalue weighted by molar-refractivity contribution is 5.68. The molecule has 1 N–H and O–H groups in total. The molecule has 0 bridgehead atoms. The van der Waals surface area contributed by atoms with Gasteiger partial charge < -0.3 is 14.8 Å². The van der Waals surface area contributed by atoms with Crippen LogP contribution >= 0.6 is 0 Å². The number of rotatable bonds is 2. The third-order valence-electron chi connectivity index (χ3n) is 3.17. The number of hydrogen-bond acceptors (Lipinski definition) is 3. The molecule has 0 saturated heterocycles. The van der Waals surface area contributed by atoms with E-state index in [2.05, 4.69) is 5.32 Å². The van der Waals surface area contributed by atoms with E-state index in [0.29, 0.717) is 6.54 Å². The molecule has 0 unspecified atom stereocenters. The van der Waals surface area contributed by atoms with Crippen LogP contribution in [0.2, 0.25) is 0 Å². The summed E-state index contributed by atoms with van der Waals surface area (Å²) in [6, 6.07) is 15.2. The van der Waals surface area contributed by atoms with Gasteiger partial charge in [-0.2, -0.15) is 0 Å². The maximum atomic E-state index is 11.8. The molecular weight excluding hydrogens is 254 g/mol. The molecule has 0 radical (unpaired) electrons. The Kier molecular flexibility index (Phi) is 3.29. The molecule has 20 heavy (non-hydrogen) atoms. The topological polar surface area (TPSA) is 47.6 Å². The van der Waals surface area contributed by atoms with Crippen molar-refractivity contribution in [1.29, 1.82) is 0 Å². The van der Waals surface area contributed by atoms with E-state index in [1.807, 2.05) is 55.5 Å². The van der Waals surface area contributed by atoms with E-state index >= 15 is 0 Å². The largest absolute Gasteiger partial charge is 0.456 e. The number of nitrogens with one attached hydrogen (secondary N) is 1. The molecule has 1 aliphatic heterocycles. The van der Waals surface area contributed by atoms with Gasteiger partial charge in [0, 0.05) is 17.7 Å². The fourth-order valence-electron chi connectivity index (χ4n) is 2.29. The van der Waals surface area contributed by atoms with Crippen molar-refractivity contribution in [3.63, 3.8) is 0 Å². The normalized spacial score (nSPS) is 12.8. The van der Waals surface area contributed by atoms with E-state index in [4.69, 9.17) is 9.47 Å². The van der Waals surface area contributed by atoms with Gasteiger partial charge in [0.15, 0.2) is 6.10 Å². The highest BCUT2D eigenvalue weighted by Crippen LogP contribution is 2.44. The van der Waals surface area contributed by atoms with E-state index in [1.165, 1.54) is 0 Å². The van der Waals surface area contributed by atoms with Crippen LogP contribution in [0.15, 0.2) is 48.5 Å². The van der Waals surface area contributed by atoms with E-state index in [0.717, 1.165) is 22.6 Å². The first-order valence-corrected chi connectivity index (χ1v) is 6.59. The summed E-state index contributed by atoms with van der Waals surface area (Å²) in [6.45, 7) is 2.39. The third kappa shape index (κ3) is 2.20. The standard InChI is InChI=1S/C16H15NO3/c1-2-17-16(18)20-15-11-7-3-5-9-13(11)19-14-10-6-4-8-12(14)15/h3-10,15H,2H2,1H3,(H,17,18). The fourth-order valence-corrected chi connectivity index (χ4v) is 2.29. The van der Waals surface area contributed by atoms with Gasteiger partial charge in [-0.3, -0.25) is 0 Å². The predicted octanol–water partition coefficient (Wildman–Crippen LogP) is 3.63. The first-order valence-electron chi connectivity index (χ1n) is 6.59. The number of para-hydroxylation sites is 2. The summed E-state index contributed by atoms with van der Waals surface area (Å²) < 4.78 is 11.4. The minimum Gasteiger partial charge on any atom is -0.456 e. The number of ether oxygens (including phenoxy) is 2. The molecule has 1 amide bonds. The van der Waals surface area contributed by atoms with Crippen molar-refractivity contribution in [3.8, 4) is 11.5 Å². The lowest BCUT2D eigenvalue weighted by atomic mass is 9.97. The Balaban J connectivity index is 2.01. The molecule has 1 heterocycles. The molecule has 0 fully saturated rings. The van der Waals surface area contributed by atoms with Crippen molar-refractivity contribution in [2.24, 2.45) is 0 Å². The summed E-state index contributed by atoms with van der Waals surface area (Å²) in [5.74, 6) is 1.45. The van der Waals surface area contributed by atoms with Gasteiger partial charge in [-0.1, -0.05) is 36.4 Å². The Labute approximate surface area is 117 Å². The number of hydrogen-bond donors (Lipinski definition) is 1. The molecule has 0 aromatic heterocycles. The fraction of sp³-hybridized carbons (Fsp3) is 0.188. The minimum atomic E-state index is -0.442. The van der Waals surface area contributed by atoms with Crippen molar-refractivity contribution in [3.05, 3.63) is 59.7 Å². The average molecular weight is 269 g/mol. The molecule has 0 aliphatic carbocycles. The lowest BCUT2D eigenvalue weighted by Gasteiger charge is -2.27. The first-order chi connectivity index (χ1) is 9.79. The monoisotopic (exact) mass is 269 g/mol. The van der Waals surface area contributed by atoms with E-state index < -0.39 is 12.2 Å². The Morgan fingerprint density at radius 2 is 1.65 bits per heavy atom. The summed E-state index contributed by atoms with van der Waals surface area (Å²) in [7, 11) is 0. The molecule has 3 rings (SSSR count). The number of benzene rings is 2. The van der Waals surface area contributed by atoms with Crippen LogP contribution in [0.1, 0.15) is 24.2 Å². The maximum Gasteiger partial charge on any atom is 0.408 e. The van der Waals surface area contributed by atoms with Crippen molar-refractivity contribution in [2.45, 2.75) is 13.0 Å². The summed E-state index contributed by atoms with van der Waals surface area (Å²) in [5, 5.41) is 2.65. The Hall–Kier alpha value is -2.49. The first kappa shape index (κ1) is 12.5. The Morgan fingerprint density at radius 1 is 1.10 bits per heavy atom. The number of fused-ring (bicyclic) bond motifs is 2. The molecule has 102 valence electrons. The molecule has 0 atom stereocenters. The predicted molar refractivity (Wildman–Crippen MR) is 75.0 cm³/mol. The van der Waals surface area contributed by atoms with Crippen molar-refractivity contribution in [1.82, 2.24) is 5.32 Å². The minimum absolute atomic E-state index is 0.427. The van der Waals surface area contributed by atoms with Gasteiger partial charge in [-0.15, -0.1) is 0 Å². The van der Waals surface area contributed by atoms with Crippen LogP contribution in [0.25, 0.3) is 0 Å². The van der Waals surface area contributed by atoms with Crippen LogP contribution in [-0.2, 0) is 4.74 Å². The zero-order valence-corrected chi connectivity index (χ0v) is 11.1. The summed E-state index contributed by atoms with van der Waals surface area (Å²) >= 11 is 0. The van der Waals surface area contributed by atoms with Crippen LogP contribution in [0.3, 0.4) is 0 Å². The van der Waals surface area contributed by atoms with Gasteiger partial charge in [-0.25, -0.2) is 4.79 Å². The second-order valence-electron chi connectivity index (χ2n) is 4.49. The van der Waals surface area contributed by atoms with E-state index in [1.54, 1.807) is 0 Å². The number of carbonyl (C=O) groups excluding carboxylic acids is 1. The van der Waals surface area contributed by atoms with Gasteiger partial charge in [0.2, 0.25) is 0 Å². The van der Waals surface area contributed by atoms with Gasteiger partial charge in [0.1, 0.15) is 11.5 Å². The van der Waals surface area contributed by atoms with Crippen LogP contribution in [-0.4, -0.2) is 12.6 Å². The van der Waals surface area contributed by atoms with E-state index in [-0.39, 0.29) is 0 Å². The highest BCUT2D eigenvalue weighted by atomic mass is 16.6. The van der Waals surface area contributed by atoms with Crippen molar-refractivity contribution in [2.75, 3.05) is 6.54 Å². The van der Waals surface area contributed by atoms with Crippen molar-refractivity contribution >= 4 is 6.09 Å². The van der Waals surface area contributed by atoms with Gasteiger partial charge >= 0.3 is 6.09 Å². The summed E-state index contributed by atoms with van der Waals surface area (Å²) in [6.07, 6.45) is -0.869. The van der Waals surface area contributed by atoms with E-state index in [9.17, 15) is 4.79 Å². The third-order valence-corrected chi connectivity index (χ3v) is 3.17. The lowest BCUT2D eigenvalue weighted by Crippen LogP contribution is -2.27. The molecular formula is C16H15NO3. The van der Waals surface area contributed by atoms with Gasteiger partial charge in [-0.05, 0) is 19.1 Å². The zero-order valence-electron chi connectivity index (χ0n) is 11.1. The Bertz CT molecular complexity index is 594. The van der Waals surface area contributed by atoms with Gasteiger partial charge in [0.25, 0.3) is 0 Å². The maximum absolute atomic E-state index is 11.8. The smallest absolute Gasteiger partial charge is 0.408 e. The van der Waals surface area contributed by atoms with Crippen LogP contribution in [0.4, 0.5) is 4.79 Å². The number of alkyl carbamates (subject to hydrolysis) is 1. The SMILES string of the molecule is CCNC(=O)OC1c2ccccc2Oc2ccccc21. The summed E-state index contributed by atoms with van der Waals surface area (Å²) in [5.41, 5.74) is 1.72. The molecule has 4 heteroatoms. The quantitative estimate of drug-likeness (QED) is 0.905. The Morgan fingerprint density at radius 3 is 2.20 bits per heavy atom. The van der Waals surface area contributed by atoms with Crippen molar-refractivity contribution < 1.29 is 14.3 Å². The zero-order chi connectivity index (χ0) is 13.9. The molecule has 2 aromatic carbocycles. The molecule has 0 spiro atoms. The van der Waals surface area contributed by atoms with Crippen LogP contribution in [0.5, 0.6) is 11.5 Å². The second-order valence-corrected chi connectivity index (χ2v) is 4.49. The highest BCUT2D eigenvalue weighted by Gasteiger charge is 2.29. The number of amides is 1. The lowest BCUT2D eigenvalue weighted by molar-refractivity contribution is 0.112. The van der Waals surface area contributed by atoms with Gasteiger partial charge in [0.05, 0.1) is 0 Å². The van der Waals surface area contributed by atoms with Crippen LogP contribution in [0, 0.1) is 0 Å². The number of carbonyl (C=O) groups is 1. The average Bonchev–Trinajstić information content (AvgIpc) is 2.47. The van der Waals surface area contributed by atoms with Crippen LogP contribution < -0.4 is 10.1 Å². The molecule has 2 aromatic rings. The second kappa shape index (κ2) is 5.25. The molecule has 0 saturated carbocycles. The molecule has 4 nitrogen and oxygen atoms in total. The molecule has 1 aliphatic rings. The summed E-state index contributed by atoms with van der Waals surface area (Å²) in [4.78, 5) is 11.8.